The summed E-state index contributed by atoms with van der Waals surface area (Å²) < 4.78 is 0. The van der Waals surface area contributed by atoms with E-state index in [4.69, 9.17) is 11.6 Å². The van der Waals surface area contributed by atoms with Crippen molar-refractivity contribution < 1.29 is 9.90 Å². The zero-order chi connectivity index (χ0) is 13.5. The molecule has 1 aromatic heterocycles. The maximum atomic E-state index is 11.7. The molecule has 0 saturated heterocycles. The first-order valence-corrected chi connectivity index (χ1v) is 6.40. The third-order valence-corrected chi connectivity index (χ3v) is 3.11. The smallest absolute Gasteiger partial charge is 0.271 e. The normalized spacial score (nSPS) is 12.5. The summed E-state index contributed by atoms with van der Waals surface area (Å²) in [4.78, 5) is 19.3. The SMILES string of the molecule is CCC(CC)C(O)CNC(=O)c1cnc(Cl)cn1. The maximum absolute atomic E-state index is 11.7. The Labute approximate surface area is 112 Å². The van der Waals surface area contributed by atoms with Crippen molar-refractivity contribution >= 4 is 17.5 Å². The van der Waals surface area contributed by atoms with Crippen LogP contribution in [0.1, 0.15) is 37.2 Å². The fraction of sp³-hybridized carbons (Fsp3) is 0.583. The van der Waals surface area contributed by atoms with Gasteiger partial charge in [-0.3, -0.25) is 4.79 Å². The van der Waals surface area contributed by atoms with E-state index in [1.54, 1.807) is 0 Å². The zero-order valence-electron chi connectivity index (χ0n) is 10.6. The fourth-order valence-electron chi connectivity index (χ4n) is 1.72. The van der Waals surface area contributed by atoms with E-state index in [1.807, 2.05) is 13.8 Å². The Bertz CT molecular complexity index is 379. The summed E-state index contributed by atoms with van der Waals surface area (Å²) in [5, 5.41) is 12.7. The van der Waals surface area contributed by atoms with Gasteiger partial charge in [0.05, 0.1) is 18.5 Å². The van der Waals surface area contributed by atoms with Crippen LogP contribution in [0.15, 0.2) is 12.4 Å². The monoisotopic (exact) mass is 271 g/mol. The highest BCUT2D eigenvalue weighted by Gasteiger charge is 2.17. The number of hydrogen-bond donors (Lipinski definition) is 2. The number of nitrogens with one attached hydrogen (secondary N) is 1. The van der Waals surface area contributed by atoms with Gasteiger partial charge >= 0.3 is 0 Å². The van der Waals surface area contributed by atoms with Gasteiger partial charge in [0, 0.05) is 6.54 Å². The van der Waals surface area contributed by atoms with Crippen LogP contribution in [0, 0.1) is 5.92 Å². The summed E-state index contributed by atoms with van der Waals surface area (Å²) in [5.41, 5.74) is 0.191. The van der Waals surface area contributed by atoms with Crippen LogP contribution in [0.5, 0.6) is 0 Å². The van der Waals surface area contributed by atoms with Gasteiger partial charge in [0.2, 0.25) is 0 Å². The number of carbonyl (C=O) groups is 1. The van der Waals surface area contributed by atoms with E-state index in [0.29, 0.717) is 0 Å². The molecule has 2 N–H and O–H groups in total. The number of aliphatic hydroxyl groups is 1. The minimum Gasteiger partial charge on any atom is -0.391 e. The van der Waals surface area contributed by atoms with Crippen molar-refractivity contribution in [2.24, 2.45) is 5.92 Å². The lowest BCUT2D eigenvalue weighted by atomic mass is 9.96. The van der Waals surface area contributed by atoms with E-state index in [-0.39, 0.29) is 29.2 Å². The van der Waals surface area contributed by atoms with Crippen LogP contribution in [0.4, 0.5) is 0 Å². The molecular formula is C12H18ClN3O2. The number of rotatable bonds is 6. The summed E-state index contributed by atoms with van der Waals surface area (Å²) in [6.45, 7) is 4.25. The lowest BCUT2D eigenvalue weighted by molar-refractivity contribution is 0.0812. The Morgan fingerprint density at radius 3 is 2.56 bits per heavy atom. The predicted octanol–water partition coefficient (Wildman–Crippen LogP) is 1.66. The van der Waals surface area contributed by atoms with Crippen molar-refractivity contribution in [3.8, 4) is 0 Å². The summed E-state index contributed by atoms with van der Waals surface area (Å²) in [7, 11) is 0. The summed E-state index contributed by atoms with van der Waals surface area (Å²) in [6.07, 6.45) is 3.85. The molecule has 0 aliphatic carbocycles. The van der Waals surface area contributed by atoms with Gasteiger partial charge in [-0.05, 0) is 5.92 Å². The lowest BCUT2D eigenvalue weighted by Gasteiger charge is -2.20. The molecule has 1 heterocycles. The first kappa shape index (κ1) is 14.9. The zero-order valence-corrected chi connectivity index (χ0v) is 11.3. The standard InChI is InChI=1S/C12H18ClN3O2/c1-3-8(4-2)10(17)6-16-12(18)9-5-15-11(13)7-14-9/h5,7-8,10,17H,3-4,6H2,1-2H3,(H,16,18). The number of nitrogens with zero attached hydrogens (tertiary/aromatic N) is 2. The Balaban J connectivity index is 2.48. The first-order chi connectivity index (χ1) is 8.58. The number of hydrogen-bond acceptors (Lipinski definition) is 4. The first-order valence-electron chi connectivity index (χ1n) is 6.02. The van der Waals surface area contributed by atoms with E-state index in [2.05, 4.69) is 15.3 Å². The average Bonchev–Trinajstić information content (AvgIpc) is 2.38. The molecule has 1 amide bonds. The molecule has 1 aromatic rings. The van der Waals surface area contributed by atoms with Crippen molar-refractivity contribution in [1.29, 1.82) is 0 Å². The molecule has 0 bridgehead atoms. The van der Waals surface area contributed by atoms with Crippen LogP contribution in [0.25, 0.3) is 0 Å². The molecule has 0 saturated carbocycles. The molecule has 18 heavy (non-hydrogen) atoms. The van der Waals surface area contributed by atoms with Crippen molar-refractivity contribution in [3.05, 3.63) is 23.2 Å². The van der Waals surface area contributed by atoms with Crippen molar-refractivity contribution in [3.63, 3.8) is 0 Å². The van der Waals surface area contributed by atoms with Gasteiger partial charge in [-0.25, -0.2) is 9.97 Å². The summed E-state index contributed by atoms with van der Waals surface area (Å²) in [5.74, 6) is -0.161. The maximum Gasteiger partial charge on any atom is 0.271 e. The number of amides is 1. The van der Waals surface area contributed by atoms with Gasteiger partial charge in [0.1, 0.15) is 10.8 Å². The molecule has 1 unspecified atom stereocenters. The molecule has 0 aliphatic rings. The molecule has 5 nitrogen and oxygen atoms in total. The number of halogens is 1. The van der Waals surface area contributed by atoms with Gasteiger partial charge < -0.3 is 10.4 Å². The second-order valence-corrected chi connectivity index (χ2v) is 4.47. The van der Waals surface area contributed by atoms with Gasteiger partial charge in [0.25, 0.3) is 5.91 Å². The topological polar surface area (TPSA) is 75.1 Å². The third kappa shape index (κ3) is 4.23. The number of carbonyl (C=O) groups excluding carboxylic acids is 1. The molecule has 0 aromatic carbocycles. The lowest BCUT2D eigenvalue weighted by Crippen LogP contribution is -2.36. The highest BCUT2D eigenvalue weighted by atomic mass is 35.5. The van der Waals surface area contributed by atoms with Gasteiger partial charge in [-0.2, -0.15) is 0 Å². The Morgan fingerprint density at radius 1 is 1.39 bits per heavy atom. The molecule has 0 radical (unpaired) electrons. The largest absolute Gasteiger partial charge is 0.391 e. The van der Waals surface area contributed by atoms with E-state index in [0.717, 1.165) is 12.8 Å². The number of aromatic nitrogens is 2. The molecule has 6 heteroatoms. The van der Waals surface area contributed by atoms with Gasteiger partial charge in [0.15, 0.2) is 0 Å². The minimum absolute atomic E-state index is 0.191. The van der Waals surface area contributed by atoms with Crippen LogP contribution in [0.2, 0.25) is 5.15 Å². The average molecular weight is 272 g/mol. The summed E-state index contributed by atoms with van der Waals surface area (Å²) in [6, 6.07) is 0. The molecule has 1 atom stereocenters. The minimum atomic E-state index is -0.538. The van der Waals surface area contributed by atoms with E-state index in [1.165, 1.54) is 12.4 Å². The van der Waals surface area contributed by atoms with Crippen LogP contribution in [-0.2, 0) is 0 Å². The predicted molar refractivity (Wildman–Crippen MR) is 69.5 cm³/mol. The molecular weight excluding hydrogens is 254 g/mol. The highest BCUT2D eigenvalue weighted by Crippen LogP contribution is 2.12. The molecule has 0 fully saturated rings. The quantitative estimate of drug-likeness (QED) is 0.825. The Hall–Kier alpha value is -1.20. The molecule has 100 valence electrons. The number of aliphatic hydroxyl groups excluding tert-OH is 1. The van der Waals surface area contributed by atoms with Crippen LogP contribution in [-0.4, -0.2) is 33.6 Å². The Kier molecular flexibility index (Phi) is 6.01. The second kappa shape index (κ2) is 7.28. The van der Waals surface area contributed by atoms with Gasteiger partial charge in [-0.1, -0.05) is 38.3 Å². The van der Waals surface area contributed by atoms with Crippen LogP contribution < -0.4 is 5.32 Å². The van der Waals surface area contributed by atoms with Crippen LogP contribution >= 0.6 is 11.6 Å². The third-order valence-electron chi connectivity index (χ3n) is 2.92. The second-order valence-electron chi connectivity index (χ2n) is 4.08. The van der Waals surface area contributed by atoms with Crippen LogP contribution in [0.3, 0.4) is 0 Å². The van der Waals surface area contributed by atoms with Crippen molar-refractivity contribution in [1.82, 2.24) is 15.3 Å². The van der Waals surface area contributed by atoms with Crippen molar-refractivity contribution in [2.45, 2.75) is 32.8 Å². The molecule has 0 spiro atoms. The Morgan fingerprint density at radius 2 is 2.06 bits per heavy atom. The molecule has 1 rings (SSSR count). The fourth-order valence-corrected chi connectivity index (χ4v) is 1.81. The highest BCUT2D eigenvalue weighted by molar-refractivity contribution is 6.29. The molecule has 0 aliphatic heterocycles. The van der Waals surface area contributed by atoms with Gasteiger partial charge in [-0.15, -0.1) is 0 Å². The van der Waals surface area contributed by atoms with E-state index < -0.39 is 6.10 Å². The van der Waals surface area contributed by atoms with E-state index in [9.17, 15) is 9.90 Å². The van der Waals surface area contributed by atoms with Crippen molar-refractivity contribution in [2.75, 3.05) is 6.54 Å². The summed E-state index contributed by atoms with van der Waals surface area (Å²) >= 11 is 5.58. The van der Waals surface area contributed by atoms with E-state index >= 15 is 0 Å².